The second kappa shape index (κ2) is 7.17. The lowest BCUT2D eigenvalue weighted by molar-refractivity contribution is 1.48. The molecular weight excluding hydrogens is 154 g/mol. The number of aryl methyl sites for hydroxylation is 1. The van der Waals surface area contributed by atoms with Crippen molar-refractivity contribution < 1.29 is 0 Å². The van der Waals surface area contributed by atoms with Crippen molar-refractivity contribution in [1.29, 1.82) is 5.26 Å². The van der Waals surface area contributed by atoms with Gasteiger partial charge in [-0.05, 0) is 6.92 Å². The van der Waals surface area contributed by atoms with E-state index >= 15 is 0 Å². The van der Waals surface area contributed by atoms with Crippen molar-refractivity contribution in [3.8, 4) is 6.07 Å². The van der Waals surface area contributed by atoms with E-state index in [0.29, 0.717) is 5.75 Å². The molecule has 0 unspecified atom stereocenters. The summed E-state index contributed by atoms with van der Waals surface area (Å²) in [7, 11) is 0. The van der Waals surface area contributed by atoms with Crippen molar-refractivity contribution in [3.05, 3.63) is 35.9 Å². The Hall–Kier alpha value is -0.940. The molecule has 0 aliphatic carbocycles. The van der Waals surface area contributed by atoms with Crippen LogP contribution in [0.25, 0.3) is 0 Å². The highest BCUT2D eigenvalue weighted by Crippen LogP contribution is 1.92. The van der Waals surface area contributed by atoms with Crippen LogP contribution in [0.2, 0.25) is 0 Å². The zero-order valence-electron chi connectivity index (χ0n) is 6.49. The van der Waals surface area contributed by atoms with Gasteiger partial charge in [-0.25, -0.2) is 0 Å². The summed E-state index contributed by atoms with van der Waals surface area (Å²) in [6.07, 6.45) is 0. The molecule has 1 aromatic rings. The summed E-state index contributed by atoms with van der Waals surface area (Å²) in [6.45, 7) is 2.08. The Balaban J connectivity index is 0.000000218. The van der Waals surface area contributed by atoms with E-state index in [2.05, 4.69) is 31.7 Å². The normalized spacial score (nSPS) is 7.36. The minimum Gasteiger partial charge on any atom is -0.197 e. The summed E-state index contributed by atoms with van der Waals surface area (Å²) in [6, 6.07) is 12.1. The lowest BCUT2D eigenvalue weighted by atomic mass is 10.2. The van der Waals surface area contributed by atoms with Crippen LogP contribution in [-0.4, -0.2) is 5.75 Å². The van der Waals surface area contributed by atoms with Crippen LogP contribution in [-0.2, 0) is 0 Å². The fraction of sp³-hybridized carbons (Fsp3) is 0.222. The van der Waals surface area contributed by atoms with E-state index in [1.807, 2.05) is 18.2 Å². The standard InChI is InChI=1S/C7H8.C2H3NS/c1-7-5-3-2-4-6-7;3-1-2-4/h2-6H,1H3;4H,2H2. The summed E-state index contributed by atoms with van der Waals surface area (Å²) in [5.41, 5.74) is 1.32. The summed E-state index contributed by atoms with van der Waals surface area (Å²) in [4.78, 5) is 0. The molecule has 0 saturated heterocycles. The van der Waals surface area contributed by atoms with Crippen LogP contribution < -0.4 is 0 Å². The Morgan fingerprint density at radius 1 is 1.36 bits per heavy atom. The Morgan fingerprint density at radius 3 is 2.00 bits per heavy atom. The largest absolute Gasteiger partial charge is 0.197 e. The number of rotatable bonds is 0. The van der Waals surface area contributed by atoms with Gasteiger partial charge in [0.15, 0.2) is 0 Å². The average molecular weight is 165 g/mol. The van der Waals surface area contributed by atoms with Crippen LogP contribution in [0.4, 0.5) is 0 Å². The van der Waals surface area contributed by atoms with E-state index in [1.165, 1.54) is 5.56 Å². The molecule has 1 rings (SSSR count). The number of nitrogens with zero attached hydrogens (tertiary/aromatic N) is 1. The molecule has 0 radical (unpaired) electrons. The molecule has 0 atom stereocenters. The van der Waals surface area contributed by atoms with Gasteiger partial charge >= 0.3 is 0 Å². The van der Waals surface area contributed by atoms with E-state index in [1.54, 1.807) is 6.07 Å². The number of hydrogen-bond acceptors (Lipinski definition) is 2. The van der Waals surface area contributed by atoms with Gasteiger partial charge in [-0.3, -0.25) is 0 Å². The van der Waals surface area contributed by atoms with Gasteiger partial charge in [0.2, 0.25) is 0 Å². The molecule has 0 saturated carbocycles. The molecule has 0 N–H and O–H groups in total. The molecule has 0 spiro atoms. The highest BCUT2D eigenvalue weighted by Gasteiger charge is 1.72. The molecule has 0 aromatic heterocycles. The van der Waals surface area contributed by atoms with Gasteiger partial charge in [0.1, 0.15) is 0 Å². The summed E-state index contributed by atoms with van der Waals surface area (Å²) >= 11 is 3.56. The van der Waals surface area contributed by atoms with Crippen LogP contribution in [0.5, 0.6) is 0 Å². The first-order valence-corrected chi connectivity index (χ1v) is 3.94. The van der Waals surface area contributed by atoms with Crippen LogP contribution >= 0.6 is 12.6 Å². The van der Waals surface area contributed by atoms with Gasteiger partial charge in [0, 0.05) is 0 Å². The van der Waals surface area contributed by atoms with Gasteiger partial charge in [0.05, 0.1) is 11.8 Å². The molecule has 0 aliphatic rings. The molecule has 11 heavy (non-hydrogen) atoms. The zero-order valence-corrected chi connectivity index (χ0v) is 7.38. The molecular formula is C9H11NS. The highest BCUT2D eigenvalue weighted by molar-refractivity contribution is 7.80. The fourth-order valence-electron chi connectivity index (χ4n) is 0.534. The Kier molecular flexibility index (Phi) is 6.56. The molecule has 0 aliphatic heterocycles. The quantitative estimate of drug-likeness (QED) is 0.586. The van der Waals surface area contributed by atoms with Crippen molar-refractivity contribution in [2.45, 2.75) is 6.92 Å². The van der Waals surface area contributed by atoms with Gasteiger partial charge in [-0.15, -0.1) is 0 Å². The van der Waals surface area contributed by atoms with Crippen LogP contribution in [0.3, 0.4) is 0 Å². The van der Waals surface area contributed by atoms with Crippen molar-refractivity contribution in [3.63, 3.8) is 0 Å². The smallest absolute Gasteiger partial charge is 0.0777 e. The molecule has 1 aromatic carbocycles. The Morgan fingerprint density at radius 2 is 1.82 bits per heavy atom. The van der Waals surface area contributed by atoms with Crippen molar-refractivity contribution in [2.24, 2.45) is 0 Å². The van der Waals surface area contributed by atoms with Crippen molar-refractivity contribution in [1.82, 2.24) is 0 Å². The first-order chi connectivity index (χ1) is 5.31. The van der Waals surface area contributed by atoms with Crippen LogP contribution in [0.1, 0.15) is 5.56 Å². The lowest BCUT2D eigenvalue weighted by Crippen LogP contribution is -1.62. The Labute approximate surface area is 73.1 Å². The summed E-state index contributed by atoms with van der Waals surface area (Å²) in [5.74, 6) is 0.319. The molecule has 0 bridgehead atoms. The van der Waals surface area contributed by atoms with Gasteiger partial charge in [-0.2, -0.15) is 17.9 Å². The molecule has 2 heteroatoms. The fourth-order valence-corrected chi connectivity index (χ4v) is 0.534. The maximum atomic E-state index is 7.55. The monoisotopic (exact) mass is 165 g/mol. The molecule has 0 amide bonds. The molecule has 0 heterocycles. The van der Waals surface area contributed by atoms with Crippen LogP contribution in [0.15, 0.2) is 30.3 Å². The van der Waals surface area contributed by atoms with E-state index in [-0.39, 0.29) is 0 Å². The topological polar surface area (TPSA) is 23.8 Å². The molecule has 58 valence electrons. The third-order valence-electron chi connectivity index (χ3n) is 1.01. The van der Waals surface area contributed by atoms with Crippen LogP contribution in [0, 0.1) is 18.3 Å². The first-order valence-electron chi connectivity index (χ1n) is 3.30. The number of hydrogen-bond donors (Lipinski definition) is 1. The second-order valence-corrected chi connectivity index (χ2v) is 2.29. The van der Waals surface area contributed by atoms with E-state index < -0.39 is 0 Å². The predicted octanol–water partition coefficient (Wildman–Crippen LogP) is 2.43. The summed E-state index contributed by atoms with van der Waals surface area (Å²) in [5, 5.41) is 7.55. The van der Waals surface area contributed by atoms with Crippen molar-refractivity contribution in [2.75, 3.05) is 5.75 Å². The number of benzene rings is 1. The van der Waals surface area contributed by atoms with Gasteiger partial charge in [0.25, 0.3) is 0 Å². The van der Waals surface area contributed by atoms with E-state index in [0.717, 1.165) is 0 Å². The zero-order chi connectivity index (χ0) is 8.53. The number of thiol groups is 1. The minimum atomic E-state index is 0.319. The van der Waals surface area contributed by atoms with Gasteiger partial charge in [-0.1, -0.05) is 35.9 Å². The lowest BCUT2D eigenvalue weighted by Gasteiger charge is -1.82. The molecule has 0 fully saturated rings. The van der Waals surface area contributed by atoms with Crippen molar-refractivity contribution >= 4 is 12.6 Å². The maximum absolute atomic E-state index is 7.55. The second-order valence-electron chi connectivity index (χ2n) is 1.97. The summed E-state index contributed by atoms with van der Waals surface area (Å²) < 4.78 is 0. The van der Waals surface area contributed by atoms with Gasteiger partial charge < -0.3 is 0 Å². The van der Waals surface area contributed by atoms with E-state index in [4.69, 9.17) is 5.26 Å². The SMILES string of the molecule is Cc1ccccc1.N#CCS. The predicted molar refractivity (Wildman–Crippen MR) is 50.6 cm³/mol. The third kappa shape index (κ3) is 6.95. The average Bonchev–Trinajstić information content (AvgIpc) is 2.07. The maximum Gasteiger partial charge on any atom is 0.0777 e. The third-order valence-corrected chi connectivity index (χ3v) is 1.15. The highest BCUT2D eigenvalue weighted by atomic mass is 32.1. The first kappa shape index (κ1) is 10.1. The number of nitriles is 1. The minimum absolute atomic E-state index is 0.319. The van der Waals surface area contributed by atoms with E-state index in [9.17, 15) is 0 Å². The Bertz CT molecular complexity index is 213. The molecule has 1 nitrogen and oxygen atoms in total.